The highest BCUT2D eigenvalue weighted by Crippen LogP contribution is 2.32. The van der Waals surface area contributed by atoms with Crippen molar-refractivity contribution in [3.63, 3.8) is 0 Å². The lowest BCUT2D eigenvalue weighted by molar-refractivity contribution is 0.111. The summed E-state index contributed by atoms with van der Waals surface area (Å²) >= 11 is 1.37. The number of imidazole rings is 1. The lowest BCUT2D eigenvalue weighted by Crippen LogP contribution is -1.91. The fraction of sp³-hybridized carbons (Fsp3) is 0. The van der Waals surface area contributed by atoms with Gasteiger partial charge in [0, 0.05) is 5.56 Å². The van der Waals surface area contributed by atoms with E-state index in [0.717, 1.165) is 22.1 Å². The van der Waals surface area contributed by atoms with E-state index >= 15 is 0 Å². The molecular formula is C16H9FN2OS. The summed E-state index contributed by atoms with van der Waals surface area (Å²) in [5, 5.41) is 0. The van der Waals surface area contributed by atoms with Crippen LogP contribution in [0.4, 0.5) is 4.39 Å². The normalized spacial score (nSPS) is 11.3. The summed E-state index contributed by atoms with van der Waals surface area (Å²) in [5.74, 6) is -0.289. The van der Waals surface area contributed by atoms with Crippen molar-refractivity contribution in [1.29, 1.82) is 0 Å². The minimum absolute atomic E-state index is 0.289. The molecule has 0 radical (unpaired) electrons. The molecule has 0 saturated heterocycles. The first kappa shape index (κ1) is 12.2. The first-order valence-corrected chi connectivity index (χ1v) is 7.20. The molecule has 4 aromatic rings. The Morgan fingerprint density at radius 1 is 1.14 bits per heavy atom. The first-order valence-electron chi connectivity index (χ1n) is 6.39. The predicted molar refractivity (Wildman–Crippen MR) is 81.4 cm³/mol. The molecule has 2 aromatic heterocycles. The molecule has 4 rings (SSSR count). The Morgan fingerprint density at radius 2 is 1.95 bits per heavy atom. The Morgan fingerprint density at radius 3 is 2.71 bits per heavy atom. The van der Waals surface area contributed by atoms with Crippen molar-refractivity contribution in [2.24, 2.45) is 0 Å². The van der Waals surface area contributed by atoms with E-state index in [9.17, 15) is 9.18 Å². The third-order valence-corrected chi connectivity index (χ3v) is 4.41. The van der Waals surface area contributed by atoms with Crippen LogP contribution in [0, 0.1) is 5.82 Å². The van der Waals surface area contributed by atoms with Crippen LogP contribution in [0.1, 0.15) is 10.5 Å². The van der Waals surface area contributed by atoms with Crippen LogP contribution in [-0.4, -0.2) is 15.7 Å². The molecule has 0 N–H and O–H groups in total. The Labute approximate surface area is 123 Å². The summed E-state index contributed by atoms with van der Waals surface area (Å²) in [6.45, 7) is 0. The van der Waals surface area contributed by atoms with Crippen LogP contribution in [0.15, 0.2) is 48.5 Å². The standard InChI is InChI=1S/C16H9FN2OS/c17-11-6-7-12-14(8-11)21-16-18-15(13(9-20)19(12)16)10-4-2-1-3-5-10/h1-9H. The number of hydrogen-bond donors (Lipinski definition) is 0. The Balaban J connectivity index is 2.09. The monoisotopic (exact) mass is 296 g/mol. The van der Waals surface area contributed by atoms with E-state index in [1.165, 1.54) is 23.5 Å². The summed E-state index contributed by atoms with van der Waals surface area (Å²) in [4.78, 5) is 16.8. The molecule has 0 amide bonds. The van der Waals surface area contributed by atoms with E-state index in [-0.39, 0.29) is 5.82 Å². The predicted octanol–water partition coefficient (Wildman–Crippen LogP) is 4.17. The number of nitrogens with zero attached hydrogens (tertiary/aromatic N) is 2. The maximum Gasteiger partial charge on any atom is 0.195 e. The summed E-state index contributed by atoms with van der Waals surface area (Å²) in [6, 6.07) is 14.1. The number of rotatable bonds is 2. The average Bonchev–Trinajstić information content (AvgIpc) is 3.02. The minimum Gasteiger partial charge on any atom is -0.296 e. The molecule has 0 bridgehead atoms. The van der Waals surface area contributed by atoms with Gasteiger partial charge in [-0.05, 0) is 18.2 Å². The Hall–Kier alpha value is -2.53. The molecule has 0 aliphatic heterocycles. The van der Waals surface area contributed by atoms with Gasteiger partial charge in [-0.2, -0.15) is 0 Å². The topological polar surface area (TPSA) is 34.4 Å². The van der Waals surface area contributed by atoms with E-state index in [1.807, 2.05) is 30.3 Å². The van der Waals surface area contributed by atoms with Crippen molar-refractivity contribution in [3.05, 3.63) is 60.0 Å². The zero-order chi connectivity index (χ0) is 14.4. The SMILES string of the molecule is O=Cc1c(-c2ccccc2)nc2sc3cc(F)ccc3n12. The number of carbonyl (C=O) groups excluding carboxylic acids is 1. The number of aromatic nitrogens is 2. The second-order valence-electron chi connectivity index (χ2n) is 4.66. The average molecular weight is 296 g/mol. The van der Waals surface area contributed by atoms with E-state index in [1.54, 1.807) is 10.5 Å². The first-order chi connectivity index (χ1) is 10.3. The quantitative estimate of drug-likeness (QED) is 0.520. The summed E-state index contributed by atoms with van der Waals surface area (Å²) < 4.78 is 15.9. The lowest BCUT2D eigenvalue weighted by atomic mass is 10.1. The second kappa shape index (κ2) is 4.49. The van der Waals surface area contributed by atoms with Gasteiger partial charge in [-0.15, -0.1) is 0 Å². The fourth-order valence-electron chi connectivity index (χ4n) is 2.48. The molecule has 2 aromatic carbocycles. The van der Waals surface area contributed by atoms with Gasteiger partial charge in [-0.3, -0.25) is 9.20 Å². The molecule has 0 spiro atoms. The van der Waals surface area contributed by atoms with Crippen molar-refractivity contribution < 1.29 is 9.18 Å². The number of aldehydes is 1. The van der Waals surface area contributed by atoms with E-state index in [4.69, 9.17) is 0 Å². The van der Waals surface area contributed by atoms with Gasteiger partial charge in [0.25, 0.3) is 0 Å². The smallest absolute Gasteiger partial charge is 0.195 e. The molecule has 0 atom stereocenters. The van der Waals surface area contributed by atoms with E-state index in [2.05, 4.69) is 4.98 Å². The van der Waals surface area contributed by atoms with Crippen molar-refractivity contribution in [2.45, 2.75) is 0 Å². The van der Waals surface area contributed by atoms with Gasteiger partial charge in [0.15, 0.2) is 11.2 Å². The fourth-order valence-corrected chi connectivity index (χ4v) is 3.54. The van der Waals surface area contributed by atoms with Gasteiger partial charge in [0.1, 0.15) is 17.2 Å². The highest BCUT2D eigenvalue weighted by molar-refractivity contribution is 7.23. The number of benzene rings is 2. The van der Waals surface area contributed by atoms with Crippen LogP contribution in [-0.2, 0) is 0 Å². The number of fused-ring (bicyclic) bond motifs is 3. The van der Waals surface area contributed by atoms with Crippen LogP contribution < -0.4 is 0 Å². The summed E-state index contributed by atoms with van der Waals surface area (Å²) in [6.07, 6.45) is 0.803. The highest BCUT2D eigenvalue weighted by atomic mass is 32.1. The van der Waals surface area contributed by atoms with Crippen molar-refractivity contribution in [2.75, 3.05) is 0 Å². The van der Waals surface area contributed by atoms with Crippen molar-refractivity contribution in [3.8, 4) is 11.3 Å². The third-order valence-electron chi connectivity index (χ3n) is 3.41. The van der Waals surface area contributed by atoms with Gasteiger partial charge >= 0.3 is 0 Å². The van der Waals surface area contributed by atoms with Crippen LogP contribution in [0.3, 0.4) is 0 Å². The number of thiazole rings is 1. The van der Waals surface area contributed by atoms with Gasteiger partial charge in [0.2, 0.25) is 0 Å². The maximum absolute atomic E-state index is 13.3. The highest BCUT2D eigenvalue weighted by Gasteiger charge is 2.17. The van der Waals surface area contributed by atoms with E-state index in [0.29, 0.717) is 16.3 Å². The van der Waals surface area contributed by atoms with Gasteiger partial charge in [-0.1, -0.05) is 41.7 Å². The minimum atomic E-state index is -0.289. The molecule has 0 saturated carbocycles. The lowest BCUT2D eigenvalue weighted by Gasteiger charge is -1.99. The molecule has 0 aliphatic rings. The van der Waals surface area contributed by atoms with Crippen LogP contribution in [0.5, 0.6) is 0 Å². The van der Waals surface area contributed by atoms with Crippen molar-refractivity contribution in [1.82, 2.24) is 9.38 Å². The summed E-state index contributed by atoms with van der Waals surface area (Å²) in [7, 11) is 0. The van der Waals surface area contributed by atoms with Crippen LogP contribution in [0.2, 0.25) is 0 Å². The number of halogens is 1. The molecule has 102 valence electrons. The number of carbonyl (C=O) groups is 1. The number of hydrogen-bond acceptors (Lipinski definition) is 3. The molecule has 3 nitrogen and oxygen atoms in total. The molecule has 0 unspecified atom stereocenters. The van der Waals surface area contributed by atoms with Crippen molar-refractivity contribution >= 4 is 32.8 Å². The van der Waals surface area contributed by atoms with Crippen LogP contribution in [0.25, 0.3) is 26.4 Å². The molecular weight excluding hydrogens is 287 g/mol. The van der Waals surface area contributed by atoms with Crippen LogP contribution >= 0.6 is 11.3 Å². The molecule has 5 heteroatoms. The van der Waals surface area contributed by atoms with Gasteiger partial charge in [0.05, 0.1) is 10.2 Å². The molecule has 0 fully saturated rings. The maximum atomic E-state index is 13.3. The van der Waals surface area contributed by atoms with E-state index < -0.39 is 0 Å². The summed E-state index contributed by atoms with van der Waals surface area (Å²) in [5.41, 5.74) is 2.84. The second-order valence-corrected chi connectivity index (χ2v) is 5.67. The Kier molecular flexibility index (Phi) is 2.62. The third kappa shape index (κ3) is 1.78. The molecule has 2 heterocycles. The van der Waals surface area contributed by atoms with Gasteiger partial charge in [-0.25, -0.2) is 9.37 Å². The van der Waals surface area contributed by atoms with Gasteiger partial charge < -0.3 is 0 Å². The zero-order valence-corrected chi connectivity index (χ0v) is 11.6. The zero-order valence-electron chi connectivity index (χ0n) is 10.8. The Bertz CT molecular complexity index is 972. The molecule has 21 heavy (non-hydrogen) atoms. The molecule has 0 aliphatic carbocycles. The largest absolute Gasteiger partial charge is 0.296 e.